The molecule has 2 amide bonds. The Hall–Kier alpha value is -4.23. The molecule has 1 N–H and O–H groups in total. The number of Topliss-reactive ketones (excluding diaryl/α,β-unsaturated/α-hetero) is 1. The van der Waals surface area contributed by atoms with Gasteiger partial charge in [0.05, 0.1) is 18.8 Å². The number of hydrogen-bond acceptors (Lipinski definition) is 4. The number of amides is 2. The molecule has 1 aliphatic rings. The molecule has 0 unspecified atom stereocenters. The minimum atomic E-state index is -0.277. The minimum Gasteiger partial charge on any atom is -0.322 e. The first-order chi connectivity index (χ1) is 17.4. The van der Waals surface area contributed by atoms with E-state index in [2.05, 4.69) is 10.4 Å². The number of carbonyl (C=O) groups is 3. The average Bonchev–Trinajstić information content (AvgIpc) is 3.31. The summed E-state index contributed by atoms with van der Waals surface area (Å²) in [7, 11) is 0. The van der Waals surface area contributed by atoms with Crippen LogP contribution in [0, 0.1) is 0 Å². The number of ketones is 1. The standard InChI is InChI=1S/C28H23ClN4O3/c1-18(34)21-4-3-7-24(15-21)30-28(36)20-10-8-19(9-11-20)17-32-26-16-25(22-5-2-6-23(29)14-22)31-33(26)13-12-27(32)35/h2-11,14-16H,12-13,17H2,1H3,(H,30,36). The molecule has 2 heterocycles. The number of fused-ring (bicyclic) bond motifs is 1. The van der Waals surface area contributed by atoms with Crippen LogP contribution in [0.4, 0.5) is 11.5 Å². The van der Waals surface area contributed by atoms with Gasteiger partial charge in [-0.1, -0.05) is 48.0 Å². The summed E-state index contributed by atoms with van der Waals surface area (Å²) in [6, 6.07) is 23.3. The van der Waals surface area contributed by atoms with Gasteiger partial charge < -0.3 is 5.32 Å². The third-order valence-corrected chi connectivity index (χ3v) is 6.31. The van der Waals surface area contributed by atoms with Crippen LogP contribution in [0.2, 0.25) is 5.02 Å². The van der Waals surface area contributed by atoms with Crippen LogP contribution < -0.4 is 10.2 Å². The first-order valence-electron chi connectivity index (χ1n) is 11.5. The van der Waals surface area contributed by atoms with Crippen LogP contribution in [0.5, 0.6) is 0 Å². The molecule has 36 heavy (non-hydrogen) atoms. The molecule has 0 fully saturated rings. The highest BCUT2D eigenvalue weighted by molar-refractivity contribution is 6.30. The van der Waals surface area contributed by atoms with Crippen LogP contribution >= 0.6 is 11.6 Å². The number of nitrogens with one attached hydrogen (secondary N) is 1. The summed E-state index contributed by atoms with van der Waals surface area (Å²) in [6.45, 7) is 2.37. The summed E-state index contributed by atoms with van der Waals surface area (Å²) in [6.07, 6.45) is 0.365. The lowest BCUT2D eigenvalue weighted by Gasteiger charge is -2.27. The van der Waals surface area contributed by atoms with Gasteiger partial charge in [0.2, 0.25) is 5.91 Å². The van der Waals surface area contributed by atoms with Crippen LogP contribution in [-0.4, -0.2) is 27.4 Å². The Labute approximate surface area is 213 Å². The molecule has 0 bridgehead atoms. The molecule has 3 aromatic carbocycles. The third kappa shape index (κ3) is 4.92. The maximum Gasteiger partial charge on any atom is 0.255 e. The zero-order chi connectivity index (χ0) is 25.2. The summed E-state index contributed by atoms with van der Waals surface area (Å²) in [5, 5.41) is 8.12. The van der Waals surface area contributed by atoms with Crippen molar-refractivity contribution in [3.8, 4) is 11.3 Å². The van der Waals surface area contributed by atoms with Crippen molar-refractivity contribution in [2.75, 3.05) is 10.2 Å². The van der Waals surface area contributed by atoms with Gasteiger partial charge in [-0.25, -0.2) is 4.68 Å². The Morgan fingerprint density at radius 1 is 0.972 bits per heavy atom. The molecule has 8 heteroatoms. The van der Waals surface area contributed by atoms with Gasteiger partial charge in [-0.15, -0.1) is 0 Å². The minimum absolute atomic E-state index is 0.0206. The number of anilines is 2. The maximum absolute atomic E-state index is 12.8. The van der Waals surface area contributed by atoms with Crippen LogP contribution in [-0.2, 0) is 17.9 Å². The highest BCUT2D eigenvalue weighted by atomic mass is 35.5. The second-order valence-electron chi connectivity index (χ2n) is 8.64. The molecule has 0 saturated carbocycles. The smallest absolute Gasteiger partial charge is 0.255 e. The average molecular weight is 499 g/mol. The van der Waals surface area contributed by atoms with Crippen molar-refractivity contribution >= 4 is 40.7 Å². The van der Waals surface area contributed by atoms with E-state index in [1.54, 1.807) is 41.3 Å². The van der Waals surface area contributed by atoms with Crippen molar-refractivity contribution in [2.45, 2.75) is 26.4 Å². The molecule has 0 atom stereocenters. The predicted molar refractivity (Wildman–Crippen MR) is 139 cm³/mol. The number of aryl methyl sites for hydroxylation is 1. The predicted octanol–water partition coefficient (Wildman–Crippen LogP) is 5.60. The first kappa shape index (κ1) is 23.5. The highest BCUT2D eigenvalue weighted by Gasteiger charge is 2.26. The maximum atomic E-state index is 12.8. The summed E-state index contributed by atoms with van der Waals surface area (Å²) in [5.41, 5.74) is 4.10. The van der Waals surface area contributed by atoms with Crippen molar-refractivity contribution in [3.63, 3.8) is 0 Å². The van der Waals surface area contributed by atoms with Gasteiger partial charge in [0.25, 0.3) is 5.91 Å². The summed E-state index contributed by atoms with van der Waals surface area (Å²) in [5.74, 6) is 0.407. The largest absolute Gasteiger partial charge is 0.322 e. The van der Waals surface area contributed by atoms with E-state index in [-0.39, 0.29) is 17.6 Å². The van der Waals surface area contributed by atoms with E-state index in [4.69, 9.17) is 11.6 Å². The fraction of sp³-hybridized carbons (Fsp3) is 0.143. The number of hydrogen-bond donors (Lipinski definition) is 1. The summed E-state index contributed by atoms with van der Waals surface area (Å²) in [4.78, 5) is 38.8. The Balaban J connectivity index is 1.32. The molecule has 0 radical (unpaired) electrons. The van der Waals surface area contributed by atoms with E-state index < -0.39 is 0 Å². The van der Waals surface area contributed by atoms with Gasteiger partial charge in [0.1, 0.15) is 5.82 Å². The second kappa shape index (κ2) is 9.79. The van der Waals surface area contributed by atoms with Crippen LogP contribution in [0.15, 0.2) is 78.9 Å². The zero-order valence-electron chi connectivity index (χ0n) is 19.6. The van der Waals surface area contributed by atoms with Crippen molar-refractivity contribution in [1.29, 1.82) is 0 Å². The van der Waals surface area contributed by atoms with Crippen LogP contribution in [0.1, 0.15) is 39.6 Å². The lowest BCUT2D eigenvalue weighted by molar-refractivity contribution is -0.119. The number of nitrogens with zero attached hydrogens (tertiary/aromatic N) is 3. The van der Waals surface area contributed by atoms with Crippen molar-refractivity contribution in [1.82, 2.24) is 9.78 Å². The van der Waals surface area contributed by atoms with Gasteiger partial charge >= 0.3 is 0 Å². The number of benzene rings is 3. The molecule has 0 aliphatic carbocycles. The van der Waals surface area contributed by atoms with E-state index in [0.29, 0.717) is 41.3 Å². The summed E-state index contributed by atoms with van der Waals surface area (Å²) < 4.78 is 1.84. The topological polar surface area (TPSA) is 84.3 Å². The van der Waals surface area contributed by atoms with Crippen molar-refractivity contribution in [2.24, 2.45) is 0 Å². The van der Waals surface area contributed by atoms with E-state index >= 15 is 0 Å². The quantitative estimate of drug-likeness (QED) is 0.351. The first-order valence-corrected chi connectivity index (χ1v) is 11.9. The number of aromatic nitrogens is 2. The van der Waals surface area contributed by atoms with Gasteiger partial charge in [0.15, 0.2) is 5.78 Å². The van der Waals surface area contributed by atoms with E-state index in [1.807, 2.05) is 47.1 Å². The monoisotopic (exact) mass is 498 g/mol. The van der Waals surface area contributed by atoms with E-state index in [9.17, 15) is 14.4 Å². The number of rotatable bonds is 6. The lowest BCUT2D eigenvalue weighted by Crippen LogP contribution is -2.36. The third-order valence-electron chi connectivity index (χ3n) is 6.08. The zero-order valence-corrected chi connectivity index (χ0v) is 20.3. The van der Waals surface area contributed by atoms with Gasteiger partial charge in [-0.2, -0.15) is 5.10 Å². The van der Waals surface area contributed by atoms with Gasteiger partial charge in [0, 0.05) is 39.9 Å². The molecular weight excluding hydrogens is 476 g/mol. The molecule has 1 aliphatic heterocycles. The van der Waals surface area contributed by atoms with Crippen molar-refractivity contribution < 1.29 is 14.4 Å². The van der Waals surface area contributed by atoms with Gasteiger partial charge in [-0.05, 0) is 48.9 Å². The highest BCUT2D eigenvalue weighted by Crippen LogP contribution is 2.30. The normalized spacial score (nSPS) is 12.8. The Kier molecular flexibility index (Phi) is 6.40. The van der Waals surface area contributed by atoms with E-state index in [1.165, 1.54) is 6.92 Å². The Morgan fingerprint density at radius 3 is 2.50 bits per heavy atom. The molecule has 4 aromatic rings. The summed E-state index contributed by atoms with van der Waals surface area (Å²) >= 11 is 6.14. The van der Waals surface area contributed by atoms with E-state index in [0.717, 1.165) is 22.6 Å². The Bertz CT molecular complexity index is 1480. The van der Waals surface area contributed by atoms with Crippen molar-refractivity contribution in [3.05, 3.63) is 101 Å². The Morgan fingerprint density at radius 2 is 1.75 bits per heavy atom. The molecule has 0 spiro atoms. The molecular formula is C28H23ClN4O3. The molecule has 7 nitrogen and oxygen atoms in total. The fourth-order valence-electron chi connectivity index (χ4n) is 4.17. The molecule has 0 saturated heterocycles. The molecule has 180 valence electrons. The SMILES string of the molecule is CC(=O)c1cccc(NC(=O)c2ccc(CN3C(=O)CCn4nc(-c5cccc(Cl)c5)cc43)cc2)c1. The fourth-order valence-corrected chi connectivity index (χ4v) is 4.36. The molecule has 5 rings (SSSR count). The number of carbonyl (C=O) groups excluding carboxylic acids is 3. The number of halogens is 1. The van der Waals surface area contributed by atoms with Crippen LogP contribution in [0.25, 0.3) is 11.3 Å². The van der Waals surface area contributed by atoms with Gasteiger partial charge in [-0.3, -0.25) is 19.3 Å². The second-order valence-corrected chi connectivity index (χ2v) is 9.08. The lowest BCUT2D eigenvalue weighted by atomic mass is 10.1. The van der Waals surface area contributed by atoms with Crippen LogP contribution in [0.3, 0.4) is 0 Å². The molecule has 1 aromatic heterocycles.